The van der Waals surface area contributed by atoms with E-state index < -0.39 is 0 Å². The Kier molecular flexibility index (Phi) is 2.46. The average molecular weight is 225 g/mol. The van der Waals surface area contributed by atoms with Crippen molar-refractivity contribution in [2.24, 2.45) is 0 Å². The quantitative estimate of drug-likeness (QED) is 0.745. The van der Waals surface area contributed by atoms with Gasteiger partial charge in [-0.25, -0.2) is 9.97 Å². The van der Waals surface area contributed by atoms with Crippen LogP contribution >= 0.6 is 0 Å². The minimum Gasteiger partial charge on any atom is -0.440 e. The molecule has 0 saturated carbocycles. The van der Waals surface area contributed by atoms with Gasteiger partial charge in [-0.15, -0.1) is 0 Å². The number of hydrogen-bond donors (Lipinski definition) is 1. The molecule has 2 aromatic heterocycles. The maximum Gasteiger partial charge on any atom is 0.193 e. The SMILES string of the molecule is c1ccc(Cc2ncoc2-c2ncc[nH]2)cc1. The number of aromatic amines is 1. The first-order valence-corrected chi connectivity index (χ1v) is 5.39. The Morgan fingerprint density at radius 3 is 2.76 bits per heavy atom. The maximum absolute atomic E-state index is 5.38. The van der Waals surface area contributed by atoms with Gasteiger partial charge in [0, 0.05) is 18.8 Å². The van der Waals surface area contributed by atoms with E-state index in [1.807, 2.05) is 18.2 Å². The van der Waals surface area contributed by atoms with Gasteiger partial charge in [0.1, 0.15) is 0 Å². The van der Waals surface area contributed by atoms with Gasteiger partial charge in [-0.1, -0.05) is 30.3 Å². The summed E-state index contributed by atoms with van der Waals surface area (Å²) in [6.45, 7) is 0. The molecule has 0 aliphatic carbocycles. The van der Waals surface area contributed by atoms with E-state index in [0.717, 1.165) is 12.1 Å². The molecule has 0 aliphatic heterocycles. The third kappa shape index (κ3) is 1.97. The lowest BCUT2D eigenvalue weighted by molar-refractivity contribution is 0.567. The highest BCUT2D eigenvalue weighted by molar-refractivity contribution is 5.50. The van der Waals surface area contributed by atoms with Crippen LogP contribution in [-0.4, -0.2) is 15.0 Å². The van der Waals surface area contributed by atoms with Gasteiger partial charge in [-0.3, -0.25) is 0 Å². The molecule has 0 amide bonds. The van der Waals surface area contributed by atoms with E-state index in [1.54, 1.807) is 12.4 Å². The number of hydrogen-bond acceptors (Lipinski definition) is 3. The van der Waals surface area contributed by atoms with E-state index in [1.165, 1.54) is 12.0 Å². The van der Waals surface area contributed by atoms with Gasteiger partial charge in [0.2, 0.25) is 0 Å². The Labute approximate surface area is 98.4 Å². The fourth-order valence-corrected chi connectivity index (χ4v) is 1.77. The molecule has 0 spiro atoms. The maximum atomic E-state index is 5.38. The smallest absolute Gasteiger partial charge is 0.193 e. The van der Waals surface area contributed by atoms with Crippen LogP contribution in [0.1, 0.15) is 11.3 Å². The van der Waals surface area contributed by atoms with Crippen molar-refractivity contribution in [3.05, 3.63) is 60.4 Å². The second-order valence-electron chi connectivity index (χ2n) is 3.73. The fourth-order valence-electron chi connectivity index (χ4n) is 1.77. The van der Waals surface area contributed by atoms with Gasteiger partial charge in [-0.05, 0) is 5.56 Å². The summed E-state index contributed by atoms with van der Waals surface area (Å²) in [6, 6.07) is 10.2. The molecule has 4 heteroatoms. The fraction of sp³-hybridized carbons (Fsp3) is 0.0769. The van der Waals surface area contributed by atoms with Gasteiger partial charge in [0.25, 0.3) is 0 Å². The van der Waals surface area contributed by atoms with Crippen LogP contribution in [0.25, 0.3) is 11.6 Å². The summed E-state index contributed by atoms with van der Waals surface area (Å²) in [4.78, 5) is 11.4. The topological polar surface area (TPSA) is 54.7 Å². The number of aromatic nitrogens is 3. The van der Waals surface area contributed by atoms with E-state index in [-0.39, 0.29) is 0 Å². The van der Waals surface area contributed by atoms with Crippen LogP contribution in [0.4, 0.5) is 0 Å². The molecule has 0 radical (unpaired) electrons. The Balaban J connectivity index is 1.92. The first kappa shape index (κ1) is 9.84. The zero-order valence-electron chi connectivity index (χ0n) is 9.13. The molecule has 3 aromatic rings. The summed E-state index contributed by atoms with van der Waals surface area (Å²) in [5.74, 6) is 1.42. The van der Waals surface area contributed by atoms with Crippen molar-refractivity contribution >= 4 is 0 Å². The van der Waals surface area contributed by atoms with Gasteiger partial charge in [0.05, 0.1) is 5.69 Å². The van der Waals surface area contributed by atoms with E-state index >= 15 is 0 Å². The first-order valence-electron chi connectivity index (χ1n) is 5.39. The highest BCUT2D eigenvalue weighted by Gasteiger charge is 2.12. The van der Waals surface area contributed by atoms with Crippen molar-refractivity contribution in [3.8, 4) is 11.6 Å². The van der Waals surface area contributed by atoms with Gasteiger partial charge < -0.3 is 9.40 Å². The highest BCUT2D eigenvalue weighted by Crippen LogP contribution is 2.21. The lowest BCUT2D eigenvalue weighted by Gasteiger charge is -1.99. The Morgan fingerprint density at radius 2 is 2.00 bits per heavy atom. The van der Waals surface area contributed by atoms with E-state index in [2.05, 4.69) is 27.1 Å². The highest BCUT2D eigenvalue weighted by atomic mass is 16.3. The standard InChI is InChI=1S/C13H11N3O/c1-2-4-10(5-3-1)8-11-12(17-9-16-11)13-14-6-7-15-13/h1-7,9H,8H2,(H,14,15). The molecule has 0 atom stereocenters. The molecule has 2 heterocycles. The van der Waals surface area contributed by atoms with E-state index in [9.17, 15) is 0 Å². The number of nitrogens with zero attached hydrogens (tertiary/aromatic N) is 2. The molecule has 3 rings (SSSR count). The van der Waals surface area contributed by atoms with Crippen LogP contribution < -0.4 is 0 Å². The van der Waals surface area contributed by atoms with Crippen LogP contribution in [0.15, 0.2) is 53.5 Å². The van der Waals surface area contributed by atoms with Gasteiger partial charge in [-0.2, -0.15) is 0 Å². The third-order valence-corrected chi connectivity index (χ3v) is 2.57. The van der Waals surface area contributed by atoms with Crippen molar-refractivity contribution in [1.29, 1.82) is 0 Å². The van der Waals surface area contributed by atoms with Crippen LogP contribution in [0.5, 0.6) is 0 Å². The lowest BCUT2D eigenvalue weighted by Crippen LogP contribution is -1.91. The van der Waals surface area contributed by atoms with Crippen molar-refractivity contribution in [1.82, 2.24) is 15.0 Å². The van der Waals surface area contributed by atoms with Crippen LogP contribution in [0, 0.1) is 0 Å². The summed E-state index contributed by atoms with van der Waals surface area (Å²) in [5, 5.41) is 0. The van der Waals surface area contributed by atoms with Crippen molar-refractivity contribution in [2.75, 3.05) is 0 Å². The molecule has 0 saturated heterocycles. The van der Waals surface area contributed by atoms with E-state index in [0.29, 0.717) is 11.6 Å². The number of oxazole rings is 1. The number of nitrogens with one attached hydrogen (secondary N) is 1. The number of rotatable bonds is 3. The van der Waals surface area contributed by atoms with Gasteiger partial charge in [0.15, 0.2) is 18.0 Å². The number of H-pyrrole nitrogens is 1. The third-order valence-electron chi connectivity index (χ3n) is 2.57. The van der Waals surface area contributed by atoms with Crippen molar-refractivity contribution in [3.63, 3.8) is 0 Å². The normalized spacial score (nSPS) is 10.6. The molecule has 0 aliphatic rings. The predicted octanol–water partition coefficient (Wildman–Crippen LogP) is 2.66. The minimum absolute atomic E-state index is 0.707. The zero-order valence-corrected chi connectivity index (χ0v) is 9.13. The number of imidazole rings is 1. The molecular weight excluding hydrogens is 214 g/mol. The molecule has 84 valence electrons. The Hall–Kier alpha value is -2.36. The molecule has 1 aromatic carbocycles. The first-order chi connectivity index (χ1) is 8.43. The lowest BCUT2D eigenvalue weighted by atomic mass is 10.1. The molecule has 0 fully saturated rings. The Morgan fingerprint density at radius 1 is 1.12 bits per heavy atom. The molecule has 0 unspecified atom stereocenters. The monoisotopic (exact) mass is 225 g/mol. The van der Waals surface area contributed by atoms with Crippen molar-refractivity contribution < 1.29 is 4.42 Å². The van der Waals surface area contributed by atoms with Crippen LogP contribution in [0.3, 0.4) is 0 Å². The van der Waals surface area contributed by atoms with Crippen LogP contribution in [0.2, 0.25) is 0 Å². The second-order valence-corrected chi connectivity index (χ2v) is 3.73. The van der Waals surface area contributed by atoms with Gasteiger partial charge >= 0.3 is 0 Å². The molecule has 4 nitrogen and oxygen atoms in total. The summed E-state index contributed by atoms with van der Waals surface area (Å²) < 4.78 is 5.38. The molecule has 17 heavy (non-hydrogen) atoms. The van der Waals surface area contributed by atoms with Crippen molar-refractivity contribution in [2.45, 2.75) is 6.42 Å². The Bertz CT molecular complexity index is 584. The summed E-state index contributed by atoms with van der Waals surface area (Å²) >= 11 is 0. The summed E-state index contributed by atoms with van der Waals surface area (Å²) in [6.07, 6.45) is 5.66. The largest absolute Gasteiger partial charge is 0.440 e. The molecule has 1 N–H and O–H groups in total. The van der Waals surface area contributed by atoms with Crippen LogP contribution in [-0.2, 0) is 6.42 Å². The summed E-state index contributed by atoms with van der Waals surface area (Å²) in [5.41, 5.74) is 2.10. The van der Waals surface area contributed by atoms with E-state index in [4.69, 9.17) is 4.42 Å². The summed E-state index contributed by atoms with van der Waals surface area (Å²) in [7, 11) is 0. The number of benzene rings is 1. The molecule has 0 bridgehead atoms. The zero-order chi connectivity index (χ0) is 11.5. The average Bonchev–Trinajstić information content (AvgIpc) is 3.00. The minimum atomic E-state index is 0.707. The molecular formula is C13H11N3O. The predicted molar refractivity (Wildman–Crippen MR) is 63.3 cm³/mol. The second kappa shape index (κ2) is 4.25.